The molecule has 0 fully saturated rings. The SMILES string of the molecule is CNCCN(C)OC(=O)C(F)(F)F. The summed E-state index contributed by atoms with van der Waals surface area (Å²) in [6, 6.07) is 0. The van der Waals surface area contributed by atoms with Crippen LogP contribution in [0.3, 0.4) is 0 Å². The minimum atomic E-state index is -4.94. The molecule has 0 aromatic rings. The molecule has 0 spiro atoms. The molecule has 0 aromatic carbocycles. The van der Waals surface area contributed by atoms with Gasteiger partial charge in [0.15, 0.2) is 0 Å². The van der Waals surface area contributed by atoms with Gasteiger partial charge in [-0.15, -0.1) is 5.06 Å². The fraction of sp³-hybridized carbons (Fsp3) is 0.833. The number of halogens is 3. The van der Waals surface area contributed by atoms with Gasteiger partial charge in [-0.3, -0.25) is 0 Å². The van der Waals surface area contributed by atoms with Crippen LogP contribution in [0.15, 0.2) is 0 Å². The van der Waals surface area contributed by atoms with Gasteiger partial charge in [0.05, 0.1) is 0 Å². The van der Waals surface area contributed by atoms with Crippen molar-refractivity contribution >= 4 is 5.97 Å². The van der Waals surface area contributed by atoms with Crippen LogP contribution in [-0.4, -0.2) is 44.4 Å². The highest BCUT2D eigenvalue weighted by molar-refractivity contribution is 5.75. The number of rotatable bonds is 4. The van der Waals surface area contributed by atoms with Crippen molar-refractivity contribution in [1.29, 1.82) is 0 Å². The summed E-state index contributed by atoms with van der Waals surface area (Å²) in [4.78, 5) is 14.2. The van der Waals surface area contributed by atoms with E-state index in [1.54, 1.807) is 7.05 Å². The topological polar surface area (TPSA) is 41.6 Å². The Bertz CT molecular complexity index is 172. The normalized spacial score (nSPS) is 11.8. The summed E-state index contributed by atoms with van der Waals surface area (Å²) in [5.74, 6) is -2.20. The van der Waals surface area contributed by atoms with E-state index < -0.39 is 12.1 Å². The molecule has 4 nitrogen and oxygen atoms in total. The fourth-order valence-corrected chi connectivity index (χ4v) is 0.508. The Labute approximate surface area is 73.6 Å². The maximum absolute atomic E-state index is 11.6. The van der Waals surface area contributed by atoms with Gasteiger partial charge in [0.1, 0.15) is 0 Å². The van der Waals surface area contributed by atoms with Crippen LogP contribution in [0.1, 0.15) is 0 Å². The zero-order chi connectivity index (χ0) is 10.5. The van der Waals surface area contributed by atoms with Gasteiger partial charge in [-0.05, 0) is 7.05 Å². The lowest BCUT2D eigenvalue weighted by molar-refractivity contribution is -0.233. The standard InChI is InChI=1S/C6H11F3N2O2/c1-10-3-4-11(2)13-5(12)6(7,8)9/h10H,3-4H2,1-2H3. The first kappa shape index (κ1) is 12.2. The van der Waals surface area contributed by atoms with Crippen molar-refractivity contribution in [2.45, 2.75) is 6.18 Å². The van der Waals surface area contributed by atoms with E-state index in [0.29, 0.717) is 6.54 Å². The molecule has 0 aliphatic heterocycles. The van der Waals surface area contributed by atoms with Gasteiger partial charge in [-0.2, -0.15) is 13.2 Å². The molecule has 0 bridgehead atoms. The highest BCUT2D eigenvalue weighted by Crippen LogP contribution is 2.16. The Morgan fingerprint density at radius 1 is 1.54 bits per heavy atom. The molecule has 0 heterocycles. The van der Waals surface area contributed by atoms with Gasteiger partial charge >= 0.3 is 12.1 Å². The van der Waals surface area contributed by atoms with Crippen LogP contribution in [0.4, 0.5) is 13.2 Å². The van der Waals surface area contributed by atoms with Crippen LogP contribution in [-0.2, 0) is 9.63 Å². The highest BCUT2D eigenvalue weighted by atomic mass is 19.4. The van der Waals surface area contributed by atoms with Crippen molar-refractivity contribution in [2.24, 2.45) is 0 Å². The lowest BCUT2D eigenvalue weighted by Crippen LogP contribution is -2.35. The molecular formula is C6H11F3N2O2. The van der Waals surface area contributed by atoms with Crippen LogP contribution in [0.5, 0.6) is 0 Å². The number of nitrogens with zero attached hydrogens (tertiary/aromatic N) is 1. The molecule has 7 heteroatoms. The molecule has 0 radical (unpaired) electrons. The summed E-state index contributed by atoms with van der Waals surface area (Å²) < 4.78 is 34.8. The minimum absolute atomic E-state index is 0.193. The average molecular weight is 200 g/mol. The second-order valence-corrected chi connectivity index (χ2v) is 2.33. The maximum atomic E-state index is 11.6. The lowest BCUT2D eigenvalue weighted by atomic mass is 10.6. The van der Waals surface area contributed by atoms with Gasteiger partial charge in [0.2, 0.25) is 0 Å². The number of carbonyl (C=O) groups excluding carboxylic acids is 1. The molecule has 13 heavy (non-hydrogen) atoms. The first-order valence-corrected chi connectivity index (χ1v) is 3.52. The van der Waals surface area contributed by atoms with E-state index in [4.69, 9.17) is 0 Å². The van der Waals surface area contributed by atoms with Crippen molar-refractivity contribution in [3.63, 3.8) is 0 Å². The molecule has 0 saturated heterocycles. The van der Waals surface area contributed by atoms with Crippen LogP contribution in [0.2, 0.25) is 0 Å². The number of likely N-dealkylation sites (N-methyl/N-ethyl adjacent to an activating group) is 2. The van der Waals surface area contributed by atoms with E-state index in [-0.39, 0.29) is 6.54 Å². The number of hydroxylamine groups is 2. The van der Waals surface area contributed by atoms with E-state index in [1.807, 2.05) is 0 Å². The fourth-order valence-electron chi connectivity index (χ4n) is 0.508. The first-order valence-electron chi connectivity index (χ1n) is 3.52. The Morgan fingerprint density at radius 2 is 2.08 bits per heavy atom. The van der Waals surface area contributed by atoms with E-state index in [9.17, 15) is 18.0 Å². The second kappa shape index (κ2) is 5.03. The van der Waals surface area contributed by atoms with E-state index in [0.717, 1.165) is 5.06 Å². The molecule has 0 aliphatic carbocycles. The van der Waals surface area contributed by atoms with Gasteiger partial charge in [0.25, 0.3) is 0 Å². The summed E-state index contributed by atoms with van der Waals surface area (Å²) in [6.45, 7) is 0.625. The van der Waals surface area contributed by atoms with Crippen LogP contribution >= 0.6 is 0 Å². The summed E-state index contributed by atoms with van der Waals surface area (Å²) in [5, 5.41) is 3.52. The maximum Gasteiger partial charge on any atom is 0.492 e. The molecule has 0 aromatic heterocycles. The van der Waals surface area contributed by atoms with Crippen LogP contribution in [0.25, 0.3) is 0 Å². The van der Waals surface area contributed by atoms with E-state index in [2.05, 4.69) is 10.2 Å². The lowest BCUT2D eigenvalue weighted by Gasteiger charge is -2.16. The zero-order valence-corrected chi connectivity index (χ0v) is 7.31. The number of alkyl halides is 3. The third kappa shape index (κ3) is 5.42. The van der Waals surface area contributed by atoms with E-state index in [1.165, 1.54) is 7.05 Å². The molecule has 0 atom stereocenters. The van der Waals surface area contributed by atoms with Gasteiger partial charge in [-0.1, -0.05) is 0 Å². The molecule has 1 N–H and O–H groups in total. The van der Waals surface area contributed by atoms with Crippen LogP contribution in [0, 0.1) is 0 Å². The third-order valence-corrected chi connectivity index (χ3v) is 1.15. The van der Waals surface area contributed by atoms with Crippen molar-refractivity contribution < 1.29 is 22.8 Å². The van der Waals surface area contributed by atoms with E-state index >= 15 is 0 Å². The monoisotopic (exact) mass is 200 g/mol. The molecule has 78 valence electrons. The Kier molecular flexibility index (Phi) is 4.71. The molecular weight excluding hydrogens is 189 g/mol. The quantitative estimate of drug-likeness (QED) is 0.656. The predicted octanol–water partition coefficient (Wildman–Crippen LogP) is 0.158. The van der Waals surface area contributed by atoms with Crippen molar-refractivity contribution in [2.75, 3.05) is 27.2 Å². The molecule has 0 rings (SSSR count). The summed E-state index contributed by atoms with van der Waals surface area (Å²) >= 11 is 0. The minimum Gasteiger partial charge on any atom is -0.361 e. The van der Waals surface area contributed by atoms with Crippen molar-refractivity contribution in [1.82, 2.24) is 10.4 Å². The third-order valence-electron chi connectivity index (χ3n) is 1.15. The summed E-state index contributed by atoms with van der Waals surface area (Å²) in [5.41, 5.74) is 0. The largest absolute Gasteiger partial charge is 0.492 e. The Morgan fingerprint density at radius 3 is 2.46 bits per heavy atom. The van der Waals surface area contributed by atoms with Gasteiger partial charge < -0.3 is 10.2 Å². The zero-order valence-electron chi connectivity index (χ0n) is 7.31. The number of nitrogens with one attached hydrogen (secondary N) is 1. The van der Waals surface area contributed by atoms with Crippen LogP contribution < -0.4 is 5.32 Å². The molecule has 0 unspecified atom stereocenters. The predicted molar refractivity (Wildman–Crippen MR) is 38.7 cm³/mol. The average Bonchev–Trinajstić information content (AvgIpc) is 1.99. The van der Waals surface area contributed by atoms with Crippen molar-refractivity contribution in [3.8, 4) is 0 Å². The smallest absolute Gasteiger partial charge is 0.361 e. The number of hydrogen-bond acceptors (Lipinski definition) is 4. The highest BCUT2D eigenvalue weighted by Gasteiger charge is 2.42. The Hall–Kier alpha value is -0.820. The summed E-state index contributed by atoms with van der Waals surface area (Å²) in [7, 11) is 2.89. The first-order chi connectivity index (χ1) is 5.88. The van der Waals surface area contributed by atoms with Gasteiger partial charge in [-0.25, -0.2) is 4.79 Å². The Balaban J connectivity index is 3.79. The number of hydrogen-bond donors (Lipinski definition) is 1. The molecule has 0 amide bonds. The van der Waals surface area contributed by atoms with Gasteiger partial charge in [0, 0.05) is 20.1 Å². The summed E-state index contributed by atoms with van der Waals surface area (Å²) in [6.07, 6.45) is -4.94. The second-order valence-electron chi connectivity index (χ2n) is 2.33. The molecule has 0 saturated carbocycles. The number of carbonyl (C=O) groups is 1. The molecule has 0 aliphatic rings. The van der Waals surface area contributed by atoms with Crippen molar-refractivity contribution in [3.05, 3.63) is 0 Å².